The van der Waals surface area contributed by atoms with Gasteiger partial charge in [-0.05, 0) is 53.6 Å². The minimum Gasteiger partial charge on any atom is -0.507 e. The van der Waals surface area contributed by atoms with E-state index in [0.29, 0.717) is 29.9 Å². The molecule has 0 spiro atoms. The van der Waals surface area contributed by atoms with Crippen LogP contribution in [-0.4, -0.2) is 37.0 Å². The summed E-state index contributed by atoms with van der Waals surface area (Å²) in [7, 11) is 3.06. The zero-order valence-corrected chi connectivity index (χ0v) is 23.5. The van der Waals surface area contributed by atoms with E-state index in [1.165, 1.54) is 25.3 Å². The highest BCUT2D eigenvalue weighted by atomic mass is 16.5. The highest BCUT2D eigenvalue weighted by molar-refractivity contribution is 5.93. The number of methoxy groups -OCH3 is 2. The Balaban J connectivity index is 1.38. The topological polar surface area (TPSA) is 125 Å². The Morgan fingerprint density at radius 2 is 1.67 bits per heavy atom. The summed E-state index contributed by atoms with van der Waals surface area (Å²) in [5, 5.41) is 21.0. The van der Waals surface area contributed by atoms with E-state index in [-0.39, 0.29) is 46.1 Å². The fourth-order valence-electron chi connectivity index (χ4n) is 5.33. The predicted molar refractivity (Wildman–Crippen MR) is 159 cm³/mol. The molecule has 5 aromatic rings. The lowest BCUT2D eigenvalue weighted by Gasteiger charge is -2.26. The number of phenols is 2. The van der Waals surface area contributed by atoms with E-state index in [2.05, 4.69) is 0 Å². The van der Waals surface area contributed by atoms with Crippen LogP contribution in [0, 0.1) is 0 Å². The standard InChI is InChI=1S/C34H28O9/c1-39-22-9-6-19(7-10-22)12-13-41-23-5-3-4-20(14-23)24-16-31(38)42-30-18-27(37)33-26(36)17-29(43-34(33)32(24)30)21-8-11-28(40-2)25(35)15-21/h3-11,14-15,17-18,24,35,37H,12-13,16H2,1-2H3/t24-/m0/s1. The van der Waals surface area contributed by atoms with Crippen LogP contribution in [0.2, 0.25) is 0 Å². The molecule has 0 bridgehead atoms. The highest BCUT2D eigenvalue weighted by Gasteiger charge is 2.34. The van der Waals surface area contributed by atoms with Gasteiger partial charge < -0.3 is 33.6 Å². The van der Waals surface area contributed by atoms with Gasteiger partial charge >= 0.3 is 5.97 Å². The first-order valence-corrected chi connectivity index (χ1v) is 13.6. The lowest BCUT2D eigenvalue weighted by Crippen LogP contribution is -2.22. The van der Waals surface area contributed by atoms with Gasteiger partial charge in [0.2, 0.25) is 0 Å². The maximum Gasteiger partial charge on any atom is 0.312 e. The summed E-state index contributed by atoms with van der Waals surface area (Å²) < 4.78 is 28.1. The van der Waals surface area contributed by atoms with Gasteiger partial charge in [-0.1, -0.05) is 24.3 Å². The van der Waals surface area contributed by atoms with Crippen molar-refractivity contribution in [1.29, 1.82) is 0 Å². The number of carbonyl (C=O) groups excluding carboxylic acids is 1. The first kappa shape index (κ1) is 27.7. The van der Waals surface area contributed by atoms with Gasteiger partial charge in [0.15, 0.2) is 16.9 Å². The van der Waals surface area contributed by atoms with Gasteiger partial charge in [0, 0.05) is 35.6 Å². The van der Waals surface area contributed by atoms with E-state index in [1.807, 2.05) is 48.5 Å². The number of rotatable bonds is 8. The summed E-state index contributed by atoms with van der Waals surface area (Å²) >= 11 is 0. The molecule has 0 saturated carbocycles. The van der Waals surface area contributed by atoms with Gasteiger partial charge in [-0.2, -0.15) is 0 Å². The van der Waals surface area contributed by atoms with Crippen LogP contribution in [0.3, 0.4) is 0 Å². The van der Waals surface area contributed by atoms with E-state index in [1.54, 1.807) is 19.2 Å². The second kappa shape index (κ2) is 11.4. The van der Waals surface area contributed by atoms with Crippen LogP contribution in [0.25, 0.3) is 22.3 Å². The molecule has 1 aliphatic heterocycles. The van der Waals surface area contributed by atoms with Crippen molar-refractivity contribution >= 4 is 16.9 Å². The SMILES string of the molecule is COc1ccc(CCOc2cccc([C@@H]3CC(=O)Oc4cc(O)c5c(=O)cc(-c6ccc(OC)c(O)c6)oc5c43)c2)cc1. The van der Waals surface area contributed by atoms with Gasteiger partial charge in [-0.25, -0.2) is 0 Å². The fourth-order valence-corrected chi connectivity index (χ4v) is 5.33. The van der Waals surface area contributed by atoms with E-state index in [9.17, 15) is 19.8 Å². The Bertz CT molecular complexity index is 1890. The average Bonchev–Trinajstić information content (AvgIpc) is 3.00. The summed E-state index contributed by atoms with van der Waals surface area (Å²) in [4.78, 5) is 26.0. The average molecular weight is 581 g/mol. The smallest absolute Gasteiger partial charge is 0.312 e. The largest absolute Gasteiger partial charge is 0.507 e. The maximum atomic E-state index is 13.3. The molecule has 0 radical (unpaired) electrons. The molecule has 4 aromatic carbocycles. The Labute approximate surface area is 246 Å². The Morgan fingerprint density at radius 1 is 0.860 bits per heavy atom. The first-order valence-electron chi connectivity index (χ1n) is 13.6. The minimum atomic E-state index is -0.549. The molecule has 9 nitrogen and oxygen atoms in total. The first-order chi connectivity index (χ1) is 20.8. The molecule has 0 fully saturated rings. The summed E-state index contributed by atoms with van der Waals surface area (Å²) in [6.45, 7) is 0.433. The van der Waals surface area contributed by atoms with Crippen LogP contribution in [0.4, 0.5) is 0 Å². The molecule has 0 amide bonds. The van der Waals surface area contributed by atoms with Crippen LogP contribution < -0.4 is 24.4 Å². The zero-order chi connectivity index (χ0) is 30.1. The molecule has 2 N–H and O–H groups in total. The third-order valence-corrected chi connectivity index (χ3v) is 7.47. The number of hydrogen-bond acceptors (Lipinski definition) is 9. The number of carbonyl (C=O) groups is 1. The molecule has 0 aliphatic carbocycles. The number of esters is 1. The fraction of sp³-hybridized carbons (Fsp3) is 0.176. The maximum absolute atomic E-state index is 13.3. The lowest BCUT2D eigenvalue weighted by molar-refractivity contribution is -0.135. The molecule has 218 valence electrons. The zero-order valence-electron chi connectivity index (χ0n) is 23.5. The third-order valence-electron chi connectivity index (χ3n) is 7.47. The van der Waals surface area contributed by atoms with Gasteiger partial charge in [-0.15, -0.1) is 0 Å². The van der Waals surface area contributed by atoms with Crippen LogP contribution >= 0.6 is 0 Å². The predicted octanol–water partition coefficient (Wildman–Crippen LogP) is 5.95. The number of fused-ring (bicyclic) bond motifs is 3. The molecule has 1 aliphatic rings. The molecule has 1 aromatic heterocycles. The van der Waals surface area contributed by atoms with Crippen molar-refractivity contribution in [1.82, 2.24) is 0 Å². The van der Waals surface area contributed by atoms with Crippen molar-refractivity contribution in [2.24, 2.45) is 0 Å². The summed E-state index contributed by atoms with van der Waals surface area (Å²) in [5.41, 5.74) is 2.34. The van der Waals surface area contributed by atoms with Crippen molar-refractivity contribution in [3.8, 4) is 45.8 Å². The van der Waals surface area contributed by atoms with Crippen molar-refractivity contribution < 1.29 is 38.4 Å². The van der Waals surface area contributed by atoms with Gasteiger partial charge in [0.25, 0.3) is 0 Å². The van der Waals surface area contributed by atoms with Crippen molar-refractivity contribution in [3.05, 3.63) is 106 Å². The molecule has 43 heavy (non-hydrogen) atoms. The minimum absolute atomic E-state index is 0.0144. The monoisotopic (exact) mass is 580 g/mol. The Hall–Kier alpha value is -5.44. The van der Waals surface area contributed by atoms with Crippen LogP contribution in [0.1, 0.15) is 29.0 Å². The molecule has 9 heteroatoms. The number of ether oxygens (including phenoxy) is 4. The number of aromatic hydroxyl groups is 2. The second-order valence-corrected chi connectivity index (χ2v) is 10.1. The van der Waals surface area contributed by atoms with Crippen LogP contribution in [0.5, 0.6) is 34.5 Å². The van der Waals surface area contributed by atoms with E-state index >= 15 is 0 Å². The third kappa shape index (κ3) is 5.44. The number of hydrogen-bond donors (Lipinski definition) is 2. The van der Waals surface area contributed by atoms with Crippen LogP contribution in [-0.2, 0) is 11.2 Å². The summed E-state index contributed by atoms with van der Waals surface area (Å²) in [6, 6.07) is 22.3. The Kier molecular flexibility index (Phi) is 7.38. The van der Waals surface area contributed by atoms with Crippen molar-refractivity contribution in [2.75, 3.05) is 20.8 Å². The molecule has 0 saturated heterocycles. The van der Waals surface area contributed by atoms with Crippen molar-refractivity contribution in [3.63, 3.8) is 0 Å². The second-order valence-electron chi connectivity index (χ2n) is 10.1. The Morgan fingerprint density at radius 3 is 2.42 bits per heavy atom. The van der Waals surface area contributed by atoms with Crippen LogP contribution in [0.15, 0.2) is 88.1 Å². The van der Waals surface area contributed by atoms with E-state index in [0.717, 1.165) is 16.9 Å². The number of benzene rings is 4. The van der Waals surface area contributed by atoms with Crippen molar-refractivity contribution in [2.45, 2.75) is 18.8 Å². The quantitative estimate of drug-likeness (QED) is 0.169. The normalized spacial score (nSPS) is 14.2. The van der Waals surface area contributed by atoms with E-state index < -0.39 is 17.3 Å². The molecule has 1 atom stereocenters. The van der Waals surface area contributed by atoms with Gasteiger partial charge in [-0.3, -0.25) is 9.59 Å². The molecule has 0 unspecified atom stereocenters. The molecular weight excluding hydrogens is 552 g/mol. The number of phenolic OH excluding ortho intramolecular Hbond substituents is 2. The lowest BCUT2D eigenvalue weighted by atomic mass is 9.85. The summed E-state index contributed by atoms with van der Waals surface area (Å²) in [5.74, 6) is 0.407. The van der Waals surface area contributed by atoms with Gasteiger partial charge in [0.05, 0.1) is 27.2 Å². The molecular formula is C34H28O9. The summed E-state index contributed by atoms with van der Waals surface area (Å²) in [6.07, 6.45) is 0.672. The highest BCUT2D eigenvalue weighted by Crippen LogP contribution is 2.46. The molecule has 6 rings (SSSR count). The van der Waals surface area contributed by atoms with E-state index in [4.69, 9.17) is 23.4 Å². The van der Waals surface area contributed by atoms with Gasteiger partial charge in [0.1, 0.15) is 39.7 Å². The molecule has 2 heterocycles.